The second kappa shape index (κ2) is 11.0. The minimum Gasteiger partial charge on any atom is -0.497 e. The lowest BCUT2D eigenvalue weighted by atomic mass is 10.1. The fraction of sp³-hybridized carbons (Fsp3) is 0.250. The fourth-order valence-electron chi connectivity index (χ4n) is 3.10. The van der Waals surface area contributed by atoms with E-state index in [1.165, 1.54) is 14.2 Å². The van der Waals surface area contributed by atoms with Crippen molar-refractivity contribution in [2.75, 3.05) is 14.2 Å². The number of aryl methyl sites for hydroxylation is 1. The average Bonchev–Trinajstić information content (AvgIpc) is 3.08. The van der Waals surface area contributed by atoms with E-state index in [9.17, 15) is 9.59 Å². The number of hydrazone groups is 1. The lowest BCUT2D eigenvalue weighted by Crippen LogP contribution is -2.25. The van der Waals surface area contributed by atoms with Gasteiger partial charge in [-0.2, -0.15) is 10.2 Å². The molecule has 0 unspecified atom stereocenters. The number of carbonyl (C=O) groups is 2. The average molecular weight is 529 g/mol. The van der Waals surface area contributed by atoms with E-state index < -0.39 is 5.97 Å². The van der Waals surface area contributed by atoms with Gasteiger partial charge in [0.2, 0.25) is 0 Å². The summed E-state index contributed by atoms with van der Waals surface area (Å²) in [7, 11) is 3.00. The molecule has 178 valence electrons. The molecule has 0 saturated carbocycles. The van der Waals surface area contributed by atoms with Gasteiger partial charge >= 0.3 is 5.97 Å². The third kappa shape index (κ3) is 5.82. The van der Waals surface area contributed by atoms with Crippen LogP contribution in [-0.4, -0.2) is 41.6 Å². The highest BCUT2D eigenvalue weighted by atomic mass is 79.9. The van der Waals surface area contributed by atoms with E-state index >= 15 is 0 Å². The van der Waals surface area contributed by atoms with Crippen molar-refractivity contribution in [2.24, 2.45) is 5.10 Å². The normalized spacial score (nSPS) is 11.2. The smallest absolute Gasteiger partial charge is 0.343 e. The quantitative estimate of drug-likeness (QED) is 0.205. The van der Waals surface area contributed by atoms with Crippen molar-refractivity contribution in [1.29, 1.82) is 0 Å². The maximum atomic E-state index is 12.5. The monoisotopic (exact) mass is 528 g/mol. The van der Waals surface area contributed by atoms with Crippen molar-refractivity contribution < 1.29 is 23.8 Å². The maximum absolute atomic E-state index is 12.5. The van der Waals surface area contributed by atoms with Gasteiger partial charge in [-0.1, -0.05) is 6.07 Å². The van der Waals surface area contributed by atoms with E-state index in [1.54, 1.807) is 54.1 Å². The van der Waals surface area contributed by atoms with Crippen molar-refractivity contribution in [1.82, 2.24) is 15.2 Å². The van der Waals surface area contributed by atoms with Crippen LogP contribution in [-0.2, 0) is 11.3 Å². The molecule has 1 heterocycles. The van der Waals surface area contributed by atoms with Crippen LogP contribution in [0.3, 0.4) is 0 Å². The number of ether oxygens (including phenoxy) is 3. The molecular weight excluding hydrogens is 504 g/mol. The third-order valence-corrected chi connectivity index (χ3v) is 6.17. The molecule has 3 rings (SSSR count). The molecule has 2 aromatic carbocycles. The summed E-state index contributed by atoms with van der Waals surface area (Å²) in [5.74, 6) is 0.302. The van der Waals surface area contributed by atoms with E-state index in [1.807, 2.05) is 13.8 Å². The van der Waals surface area contributed by atoms with Gasteiger partial charge in [0.1, 0.15) is 12.3 Å². The number of aromatic nitrogens is 2. The van der Waals surface area contributed by atoms with Crippen molar-refractivity contribution in [3.8, 4) is 17.2 Å². The first-order valence-electron chi connectivity index (χ1n) is 10.3. The minimum atomic E-state index is -0.543. The maximum Gasteiger partial charge on any atom is 0.343 e. The van der Waals surface area contributed by atoms with E-state index in [-0.39, 0.29) is 18.2 Å². The molecule has 34 heavy (non-hydrogen) atoms. The van der Waals surface area contributed by atoms with Crippen LogP contribution in [0.1, 0.15) is 34.2 Å². The highest BCUT2D eigenvalue weighted by molar-refractivity contribution is 9.10. The summed E-state index contributed by atoms with van der Waals surface area (Å²) in [6, 6.07) is 11.7. The number of benzene rings is 2. The predicted octanol–water partition coefficient (Wildman–Crippen LogP) is 4.04. The van der Waals surface area contributed by atoms with E-state index in [4.69, 9.17) is 14.2 Å². The first-order chi connectivity index (χ1) is 16.2. The van der Waals surface area contributed by atoms with Crippen molar-refractivity contribution >= 4 is 33.5 Å². The molecule has 0 aliphatic rings. The van der Waals surface area contributed by atoms with Gasteiger partial charge in [0.15, 0.2) is 11.5 Å². The molecule has 0 atom stereocenters. The van der Waals surface area contributed by atoms with Gasteiger partial charge in [0.05, 0.1) is 41.4 Å². The lowest BCUT2D eigenvalue weighted by molar-refractivity contribution is -0.121. The second-order valence-corrected chi connectivity index (χ2v) is 8.15. The number of esters is 1. The molecule has 0 aliphatic heterocycles. The topological polar surface area (TPSA) is 104 Å². The van der Waals surface area contributed by atoms with E-state index in [0.717, 1.165) is 15.9 Å². The predicted molar refractivity (Wildman–Crippen MR) is 131 cm³/mol. The van der Waals surface area contributed by atoms with Crippen molar-refractivity contribution in [3.05, 3.63) is 69.5 Å². The van der Waals surface area contributed by atoms with Crippen LogP contribution in [0.5, 0.6) is 17.2 Å². The number of nitrogens with zero attached hydrogens (tertiary/aromatic N) is 3. The fourth-order valence-corrected chi connectivity index (χ4v) is 3.38. The first kappa shape index (κ1) is 25.0. The van der Waals surface area contributed by atoms with Crippen LogP contribution < -0.4 is 19.6 Å². The lowest BCUT2D eigenvalue weighted by Gasteiger charge is -2.11. The van der Waals surface area contributed by atoms with Gasteiger partial charge in [-0.3, -0.25) is 9.48 Å². The number of hydrogen-bond acceptors (Lipinski definition) is 7. The molecule has 1 amide bonds. The zero-order valence-corrected chi connectivity index (χ0v) is 21.1. The second-order valence-electron chi connectivity index (χ2n) is 7.36. The Hall–Kier alpha value is -3.66. The van der Waals surface area contributed by atoms with Gasteiger partial charge < -0.3 is 14.2 Å². The number of halogens is 1. The Balaban J connectivity index is 1.69. The number of hydrogen-bond donors (Lipinski definition) is 1. The largest absolute Gasteiger partial charge is 0.497 e. The minimum absolute atomic E-state index is 0.0392. The number of carbonyl (C=O) groups excluding carboxylic acids is 2. The Morgan fingerprint density at radius 3 is 2.47 bits per heavy atom. The molecule has 0 bridgehead atoms. The van der Waals surface area contributed by atoms with Crippen LogP contribution in [0.4, 0.5) is 0 Å². The number of methoxy groups -OCH3 is 2. The highest BCUT2D eigenvalue weighted by Crippen LogP contribution is 2.29. The zero-order chi connectivity index (χ0) is 24.8. The molecule has 10 heteroatoms. The molecule has 3 aromatic rings. The zero-order valence-electron chi connectivity index (χ0n) is 19.5. The summed E-state index contributed by atoms with van der Waals surface area (Å²) in [4.78, 5) is 24.8. The molecule has 1 N–H and O–H groups in total. The molecule has 0 radical (unpaired) electrons. The van der Waals surface area contributed by atoms with Gasteiger partial charge in [-0.05, 0) is 73.1 Å². The van der Waals surface area contributed by atoms with Crippen LogP contribution >= 0.6 is 15.9 Å². The van der Waals surface area contributed by atoms with E-state index in [2.05, 4.69) is 31.6 Å². The summed E-state index contributed by atoms with van der Waals surface area (Å²) in [5.41, 5.74) is 5.79. The number of rotatable bonds is 8. The summed E-state index contributed by atoms with van der Waals surface area (Å²) >= 11 is 3.45. The summed E-state index contributed by atoms with van der Waals surface area (Å²) in [5, 5.41) is 8.49. The Morgan fingerprint density at radius 2 is 1.82 bits per heavy atom. The van der Waals surface area contributed by atoms with Crippen LogP contribution in [0.2, 0.25) is 0 Å². The highest BCUT2D eigenvalue weighted by Gasteiger charge is 2.15. The first-order valence-corrected chi connectivity index (χ1v) is 11.1. The van der Waals surface area contributed by atoms with E-state index in [0.29, 0.717) is 28.3 Å². The molecule has 9 nitrogen and oxygen atoms in total. The van der Waals surface area contributed by atoms with Crippen LogP contribution in [0.25, 0.3) is 0 Å². The summed E-state index contributed by atoms with van der Waals surface area (Å²) in [6.45, 7) is 5.52. The van der Waals surface area contributed by atoms with Crippen molar-refractivity contribution in [2.45, 2.75) is 27.3 Å². The Morgan fingerprint density at radius 1 is 1.06 bits per heavy atom. The Labute approximate surface area is 205 Å². The summed E-state index contributed by atoms with van der Waals surface area (Å²) in [6.07, 6.45) is 0. The SMILES string of the molecule is COc1cccc(C(=O)Oc2ccc(C(C)=NNC(=O)Cn3nc(C)c(Br)c3C)cc2OC)c1. The summed E-state index contributed by atoms with van der Waals surface area (Å²) < 4.78 is 18.5. The van der Waals surface area contributed by atoms with Crippen molar-refractivity contribution in [3.63, 3.8) is 0 Å². The van der Waals surface area contributed by atoms with Gasteiger partial charge in [-0.15, -0.1) is 0 Å². The van der Waals surface area contributed by atoms with Gasteiger partial charge in [0, 0.05) is 5.56 Å². The Bertz CT molecular complexity index is 1250. The van der Waals surface area contributed by atoms with Crippen LogP contribution in [0.15, 0.2) is 52.0 Å². The van der Waals surface area contributed by atoms with Gasteiger partial charge in [-0.25, -0.2) is 10.2 Å². The van der Waals surface area contributed by atoms with Gasteiger partial charge in [0.25, 0.3) is 5.91 Å². The Kier molecular flexibility index (Phi) is 8.06. The molecule has 1 aromatic heterocycles. The number of amides is 1. The third-order valence-electron chi connectivity index (χ3n) is 5.02. The molecule has 0 fully saturated rings. The molecule has 0 spiro atoms. The molecular formula is C24H25BrN4O5. The molecule has 0 saturated heterocycles. The number of nitrogens with one attached hydrogen (secondary N) is 1. The molecule has 0 aliphatic carbocycles. The standard InChI is InChI=1S/C24H25BrN4O5/c1-14(26-27-22(30)13-29-16(3)23(25)15(2)28-29)17-9-10-20(21(12-17)33-5)34-24(31)18-7-6-8-19(11-18)32-4/h6-12H,13H2,1-5H3,(H,27,30). The van der Waals surface area contributed by atoms with Crippen LogP contribution in [0, 0.1) is 13.8 Å².